The summed E-state index contributed by atoms with van der Waals surface area (Å²) in [6, 6.07) is 0. The molecule has 0 bridgehead atoms. The standard InChI is InChI=1S/C15H32N2O/c1-13-12-17(10-11-18-13)9-5-6-14(7-8-16)15(2,3)4/h13-14H,5-12,16H2,1-4H3. The Labute approximate surface area is 113 Å². The van der Waals surface area contributed by atoms with Crippen LogP contribution in [0.15, 0.2) is 0 Å². The molecule has 0 aromatic heterocycles. The van der Waals surface area contributed by atoms with E-state index in [-0.39, 0.29) is 0 Å². The van der Waals surface area contributed by atoms with Crippen LogP contribution in [0.25, 0.3) is 0 Å². The van der Waals surface area contributed by atoms with Gasteiger partial charge in [0.25, 0.3) is 0 Å². The summed E-state index contributed by atoms with van der Waals surface area (Å²) >= 11 is 0. The second kappa shape index (κ2) is 7.46. The van der Waals surface area contributed by atoms with Crippen LogP contribution in [0, 0.1) is 11.3 Å². The highest BCUT2D eigenvalue weighted by atomic mass is 16.5. The lowest BCUT2D eigenvalue weighted by Crippen LogP contribution is -2.41. The second-order valence-corrected chi connectivity index (χ2v) is 6.76. The average molecular weight is 256 g/mol. The summed E-state index contributed by atoms with van der Waals surface area (Å²) in [6.45, 7) is 14.3. The Morgan fingerprint density at radius 1 is 1.33 bits per heavy atom. The molecule has 0 aromatic carbocycles. The minimum Gasteiger partial charge on any atom is -0.376 e. The molecule has 3 heteroatoms. The molecule has 1 saturated heterocycles. The van der Waals surface area contributed by atoms with Crippen molar-refractivity contribution in [3.8, 4) is 0 Å². The number of hydrogen-bond donors (Lipinski definition) is 1. The zero-order chi connectivity index (χ0) is 13.6. The third-order valence-corrected chi connectivity index (χ3v) is 4.09. The quantitative estimate of drug-likeness (QED) is 0.793. The van der Waals surface area contributed by atoms with Gasteiger partial charge < -0.3 is 10.5 Å². The fourth-order valence-electron chi connectivity index (χ4n) is 2.87. The predicted molar refractivity (Wildman–Crippen MR) is 77.7 cm³/mol. The smallest absolute Gasteiger partial charge is 0.0674 e. The van der Waals surface area contributed by atoms with Gasteiger partial charge in [-0.05, 0) is 50.6 Å². The Balaban J connectivity index is 2.25. The highest BCUT2D eigenvalue weighted by Gasteiger charge is 2.24. The van der Waals surface area contributed by atoms with E-state index >= 15 is 0 Å². The van der Waals surface area contributed by atoms with Gasteiger partial charge in [-0.3, -0.25) is 4.90 Å². The summed E-state index contributed by atoms with van der Waals surface area (Å²) < 4.78 is 5.57. The fraction of sp³-hybridized carbons (Fsp3) is 1.00. The van der Waals surface area contributed by atoms with Gasteiger partial charge in [-0.2, -0.15) is 0 Å². The van der Waals surface area contributed by atoms with Crippen molar-refractivity contribution >= 4 is 0 Å². The maximum Gasteiger partial charge on any atom is 0.0674 e. The first-order valence-electron chi connectivity index (χ1n) is 7.47. The minimum atomic E-state index is 0.387. The van der Waals surface area contributed by atoms with E-state index in [1.807, 2.05) is 0 Å². The number of hydrogen-bond acceptors (Lipinski definition) is 3. The lowest BCUT2D eigenvalue weighted by molar-refractivity contribution is -0.0193. The van der Waals surface area contributed by atoms with Crippen LogP contribution in [0.4, 0.5) is 0 Å². The van der Waals surface area contributed by atoms with E-state index in [9.17, 15) is 0 Å². The molecule has 2 N–H and O–H groups in total. The van der Waals surface area contributed by atoms with Gasteiger partial charge in [-0.15, -0.1) is 0 Å². The molecule has 18 heavy (non-hydrogen) atoms. The maximum absolute atomic E-state index is 5.73. The molecule has 1 aliphatic rings. The lowest BCUT2D eigenvalue weighted by Gasteiger charge is -2.33. The maximum atomic E-state index is 5.73. The summed E-state index contributed by atoms with van der Waals surface area (Å²) in [4.78, 5) is 2.54. The molecule has 0 aliphatic carbocycles. The number of morpholine rings is 1. The van der Waals surface area contributed by atoms with E-state index in [1.165, 1.54) is 19.4 Å². The van der Waals surface area contributed by atoms with Gasteiger partial charge in [0.15, 0.2) is 0 Å². The largest absolute Gasteiger partial charge is 0.376 e. The van der Waals surface area contributed by atoms with Crippen LogP contribution in [0.5, 0.6) is 0 Å². The molecule has 2 atom stereocenters. The van der Waals surface area contributed by atoms with Gasteiger partial charge in [-0.1, -0.05) is 20.8 Å². The Kier molecular flexibility index (Phi) is 6.61. The summed E-state index contributed by atoms with van der Waals surface area (Å²) in [5.74, 6) is 0.751. The van der Waals surface area contributed by atoms with Gasteiger partial charge in [0.2, 0.25) is 0 Å². The van der Waals surface area contributed by atoms with Gasteiger partial charge in [0.05, 0.1) is 12.7 Å². The van der Waals surface area contributed by atoms with Gasteiger partial charge >= 0.3 is 0 Å². The monoisotopic (exact) mass is 256 g/mol. The fourth-order valence-corrected chi connectivity index (χ4v) is 2.87. The number of nitrogens with zero attached hydrogens (tertiary/aromatic N) is 1. The Morgan fingerprint density at radius 3 is 2.61 bits per heavy atom. The van der Waals surface area contributed by atoms with Crippen LogP contribution >= 0.6 is 0 Å². The lowest BCUT2D eigenvalue weighted by atomic mass is 9.76. The predicted octanol–water partition coefficient (Wildman–Crippen LogP) is 2.50. The van der Waals surface area contributed by atoms with Crippen molar-refractivity contribution < 1.29 is 4.74 Å². The average Bonchev–Trinajstić information content (AvgIpc) is 2.27. The summed E-state index contributed by atoms with van der Waals surface area (Å²) in [6.07, 6.45) is 4.14. The molecule has 0 amide bonds. The van der Waals surface area contributed by atoms with E-state index in [4.69, 9.17) is 10.5 Å². The molecule has 1 aliphatic heterocycles. The van der Waals surface area contributed by atoms with Crippen LogP contribution in [-0.2, 0) is 4.74 Å². The molecular weight excluding hydrogens is 224 g/mol. The molecular formula is C15H32N2O. The normalized spacial score (nSPS) is 24.2. The number of ether oxygens (including phenoxy) is 1. The molecule has 108 valence electrons. The van der Waals surface area contributed by atoms with Crippen molar-refractivity contribution in [2.24, 2.45) is 17.1 Å². The number of nitrogens with two attached hydrogens (primary N) is 1. The molecule has 3 nitrogen and oxygen atoms in total. The van der Waals surface area contributed by atoms with Gasteiger partial charge in [-0.25, -0.2) is 0 Å². The van der Waals surface area contributed by atoms with E-state index in [2.05, 4.69) is 32.6 Å². The van der Waals surface area contributed by atoms with Crippen LogP contribution in [0.2, 0.25) is 0 Å². The minimum absolute atomic E-state index is 0.387. The van der Waals surface area contributed by atoms with E-state index in [0.29, 0.717) is 11.5 Å². The van der Waals surface area contributed by atoms with Crippen molar-refractivity contribution in [1.29, 1.82) is 0 Å². The van der Waals surface area contributed by atoms with Crippen LogP contribution in [-0.4, -0.2) is 43.8 Å². The van der Waals surface area contributed by atoms with E-state index in [1.54, 1.807) is 0 Å². The Hall–Kier alpha value is -0.120. The van der Waals surface area contributed by atoms with Crippen molar-refractivity contribution in [3.63, 3.8) is 0 Å². The van der Waals surface area contributed by atoms with Crippen molar-refractivity contribution in [3.05, 3.63) is 0 Å². The summed E-state index contributed by atoms with van der Waals surface area (Å²) in [5.41, 5.74) is 6.12. The first-order chi connectivity index (χ1) is 8.43. The van der Waals surface area contributed by atoms with E-state index < -0.39 is 0 Å². The molecule has 1 fully saturated rings. The topological polar surface area (TPSA) is 38.5 Å². The van der Waals surface area contributed by atoms with Gasteiger partial charge in [0, 0.05) is 13.1 Å². The molecule has 1 heterocycles. The zero-order valence-corrected chi connectivity index (χ0v) is 12.7. The molecule has 2 unspecified atom stereocenters. The molecule has 0 spiro atoms. The molecule has 1 rings (SSSR count). The van der Waals surface area contributed by atoms with Crippen molar-refractivity contribution in [2.75, 3.05) is 32.8 Å². The third-order valence-electron chi connectivity index (χ3n) is 4.09. The van der Waals surface area contributed by atoms with Gasteiger partial charge in [0.1, 0.15) is 0 Å². The second-order valence-electron chi connectivity index (χ2n) is 6.76. The molecule has 0 saturated carbocycles. The zero-order valence-electron chi connectivity index (χ0n) is 12.7. The third kappa shape index (κ3) is 5.68. The number of rotatable bonds is 6. The summed E-state index contributed by atoms with van der Waals surface area (Å²) in [5, 5.41) is 0. The van der Waals surface area contributed by atoms with Crippen LogP contribution < -0.4 is 5.73 Å². The Morgan fingerprint density at radius 2 is 2.06 bits per heavy atom. The summed E-state index contributed by atoms with van der Waals surface area (Å²) in [7, 11) is 0. The first kappa shape index (κ1) is 15.9. The molecule has 0 aromatic rings. The van der Waals surface area contributed by atoms with Crippen molar-refractivity contribution in [2.45, 2.75) is 53.1 Å². The van der Waals surface area contributed by atoms with Crippen molar-refractivity contribution in [1.82, 2.24) is 4.90 Å². The Bertz CT molecular complexity index is 225. The highest BCUT2D eigenvalue weighted by Crippen LogP contribution is 2.32. The highest BCUT2D eigenvalue weighted by molar-refractivity contribution is 4.75. The van der Waals surface area contributed by atoms with Crippen LogP contribution in [0.1, 0.15) is 47.0 Å². The van der Waals surface area contributed by atoms with E-state index in [0.717, 1.165) is 38.6 Å². The first-order valence-corrected chi connectivity index (χ1v) is 7.47. The SMILES string of the molecule is CC1CN(CCCC(CCN)C(C)(C)C)CCO1. The van der Waals surface area contributed by atoms with Crippen LogP contribution in [0.3, 0.4) is 0 Å². The molecule has 0 radical (unpaired) electrons.